The first-order chi connectivity index (χ1) is 22.5. The lowest BCUT2D eigenvalue weighted by atomic mass is 10.1. The van der Waals surface area contributed by atoms with Crippen LogP contribution in [0, 0.1) is 0 Å². The van der Waals surface area contributed by atoms with Crippen LogP contribution in [-0.2, 0) is 29.8 Å². The van der Waals surface area contributed by atoms with E-state index in [1.54, 1.807) is 24.3 Å². The quantitative estimate of drug-likeness (QED) is 0.108. The molecule has 1 aliphatic rings. The smallest absolute Gasteiger partial charge is 0.351 e. The van der Waals surface area contributed by atoms with Crippen molar-refractivity contribution in [2.75, 3.05) is 57.3 Å². The topological polar surface area (TPSA) is 216 Å². The predicted molar refractivity (Wildman–Crippen MR) is 184 cm³/mol. The average molecular weight is 744 g/mol. The molecule has 0 saturated carbocycles. The summed E-state index contributed by atoms with van der Waals surface area (Å²) in [5.41, 5.74) is 2.44. The highest BCUT2D eigenvalue weighted by Crippen LogP contribution is 2.55. The maximum Gasteiger partial charge on any atom is 0.351 e. The van der Waals surface area contributed by atoms with Crippen LogP contribution in [0.1, 0.15) is 53.3 Å². The van der Waals surface area contributed by atoms with E-state index in [2.05, 4.69) is 66.3 Å². The minimum atomic E-state index is -4.84. The van der Waals surface area contributed by atoms with Gasteiger partial charge in [-0.3, -0.25) is 18.5 Å². The molecule has 0 radical (unpaired) electrons. The molecule has 16 nitrogen and oxygen atoms in total. The highest BCUT2D eigenvalue weighted by molar-refractivity contribution is 7.70. The van der Waals surface area contributed by atoms with Crippen LogP contribution in [-0.4, -0.2) is 114 Å². The van der Waals surface area contributed by atoms with Crippen LogP contribution in [0.25, 0.3) is 0 Å². The van der Waals surface area contributed by atoms with E-state index in [0.717, 1.165) is 10.1 Å². The third kappa shape index (κ3) is 16.3. The van der Waals surface area contributed by atoms with Gasteiger partial charge < -0.3 is 44.0 Å². The first-order valence-corrected chi connectivity index (χ1v) is 19.7. The molecular weight excluding hydrogens is 692 g/mol. The van der Waals surface area contributed by atoms with E-state index in [-0.39, 0.29) is 12.4 Å². The molecule has 5 atom stereocenters. The van der Waals surface area contributed by atoms with Crippen molar-refractivity contribution in [3.63, 3.8) is 0 Å². The van der Waals surface area contributed by atoms with E-state index in [1.807, 2.05) is 0 Å². The van der Waals surface area contributed by atoms with Gasteiger partial charge in [-0.2, -0.15) is 4.98 Å². The summed E-state index contributed by atoms with van der Waals surface area (Å²) in [7, 11) is -9.54. The highest BCUT2D eigenvalue weighted by atomic mass is 35.5. The zero-order valence-electron chi connectivity index (χ0n) is 28.4. The van der Waals surface area contributed by atoms with Gasteiger partial charge in [0, 0.05) is 11.2 Å². The fraction of sp³-hybridized carbons (Fsp3) is 0.655. The number of aromatic nitrogens is 2. The molecule has 19 heteroatoms. The monoisotopic (exact) mass is 743 g/mol. The lowest BCUT2D eigenvalue weighted by molar-refractivity contribution is -0.0523. The van der Waals surface area contributed by atoms with Gasteiger partial charge in [0.25, 0.3) is 0 Å². The molecule has 0 bridgehead atoms. The Balaban J connectivity index is 0.000000687. The van der Waals surface area contributed by atoms with E-state index in [0.29, 0.717) is 5.02 Å². The molecule has 1 aromatic heterocycles. The van der Waals surface area contributed by atoms with E-state index in [4.69, 9.17) is 31.0 Å². The van der Waals surface area contributed by atoms with Gasteiger partial charge in [0.15, 0.2) is 17.9 Å². The van der Waals surface area contributed by atoms with Gasteiger partial charge in [0.1, 0.15) is 18.3 Å². The van der Waals surface area contributed by atoms with Crippen molar-refractivity contribution >= 4 is 32.6 Å². The maximum atomic E-state index is 12.4. The minimum absolute atomic E-state index is 0.0572. The number of aliphatic hydroxyl groups is 2. The molecule has 48 heavy (non-hydrogen) atoms. The number of anilines is 1. The number of aliphatic hydroxyl groups excluding tert-OH is 2. The van der Waals surface area contributed by atoms with Crippen molar-refractivity contribution in [3.8, 4) is 0 Å². The molecule has 1 aromatic carbocycles. The van der Waals surface area contributed by atoms with Crippen LogP contribution in [0.15, 0.2) is 41.3 Å². The van der Waals surface area contributed by atoms with E-state index in [9.17, 15) is 29.0 Å². The number of rotatable bonds is 16. The molecule has 6 N–H and O–H groups in total. The molecule has 1 saturated heterocycles. The fourth-order valence-corrected chi connectivity index (χ4v) is 7.03. The number of halogens is 1. The molecule has 2 heterocycles. The lowest BCUT2D eigenvalue weighted by Gasteiger charge is -2.18. The Morgan fingerprint density at radius 3 is 1.85 bits per heavy atom. The van der Waals surface area contributed by atoms with Gasteiger partial charge in [0.2, 0.25) is 0 Å². The Hall–Kier alpha value is -1.75. The van der Waals surface area contributed by atoms with Crippen LogP contribution in [0.3, 0.4) is 0 Å². The summed E-state index contributed by atoms with van der Waals surface area (Å²) in [4.78, 5) is 53.3. The van der Waals surface area contributed by atoms with Gasteiger partial charge in [-0.1, -0.05) is 65.3 Å². The first-order valence-electron chi connectivity index (χ1n) is 15.7. The van der Waals surface area contributed by atoms with Gasteiger partial charge in [-0.15, -0.1) is 0 Å². The molecule has 2 aromatic rings. The molecule has 1 unspecified atom stereocenters. The Labute approximate surface area is 287 Å². The fourth-order valence-electron chi connectivity index (χ4n) is 4.34. The zero-order valence-corrected chi connectivity index (χ0v) is 30.9. The number of nitrogens with one attached hydrogen (secondary N) is 1. The van der Waals surface area contributed by atoms with E-state index >= 15 is 0 Å². The normalized spacial score (nSPS) is 20.5. The zero-order chi connectivity index (χ0) is 36.5. The summed E-state index contributed by atoms with van der Waals surface area (Å²) in [6.45, 7) is 19.6. The van der Waals surface area contributed by atoms with Crippen LogP contribution >= 0.6 is 26.8 Å². The van der Waals surface area contributed by atoms with Crippen molar-refractivity contribution in [3.05, 3.63) is 57.6 Å². The van der Waals surface area contributed by atoms with Gasteiger partial charge in [-0.25, -0.2) is 10.3 Å². The summed E-state index contributed by atoms with van der Waals surface area (Å²) in [5, 5.41) is 21.0. The molecule has 0 aliphatic carbocycles. The second-order valence-electron chi connectivity index (χ2n) is 10.5. The van der Waals surface area contributed by atoms with Gasteiger partial charge in [-0.05, 0) is 63.0 Å². The first kappa shape index (κ1) is 44.3. The molecule has 0 amide bonds. The molecular formula is C29H52ClN5O11P2. The average Bonchev–Trinajstić information content (AvgIpc) is 3.31. The number of hydrogen-bond donors (Lipinski definition) is 6. The van der Waals surface area contributed by atoms with Crippen molar-refractivity contribution in [2.24, 2.45) is 0 Å². The molecule has 276 valence electrons. The predicted octanol–water partition coefficient (Wildman–Crippen LogP) is 3.09. The van der Waals surface area contributed by atoms with Gasteiger partial charge >= 0.3 is 20.9 Å². The minimum Gasteiger partial charge on any atom is -0.387 e. The third-order valence-electron chi connectivity index (χ3n) is 7.26. The molecule has 1 fully saturated rings. The maximum absolute atomic E-state index is 12.4. The Kier molecular flexibility index (Phi) is 20.4. The number of nitrogens with zero attached hydrogens (tertiary/aromatic N) is 4. The van der Waals surface area contributed by atoms with Crippen LogP contribution in [0.4, 0.5) is 5.82 Å². The largest absolute Gasteiger partial charge is 0.387 e. The lowest BCUT2D eigenvalue weighted by Crippen LogP contribution is -2.36. The molecule has 3 rings (SSSR count). The summed E-state index contributed by atoms with van der Waals surface area (Å²) in [6.07, 6.45) is -4.82. The SMILES string of the molecule is CCN(CC)CC.CCN(CC)CC.O=c1nc(NOCc2ccc(Cl)cc2)ccn1[C@@H]1O[C@H](COP(=O)(O)CP(=O)(O)O)[C@@H](O)[C@H]1O. The second-order valence-corrected chi connectivity index (χ2v) is 15.0. The highest BCUT2D eigenvalue weighted by Gasteiger charge is 2.45. The number of ether oxygens (including phenoxy) is 1. The molecule has 1 aliphatic heterocycles. The van der Waals surface area contributed by atoms with Gasteiger partial charge in [0.05, 0.1) is 13.2 Å². The summed E-state index contributed by atoms with van der Waals surface area (Å²) >= 11 is 5.81. The Morgan fingerprint density at radius 2 is 1.42 bits per heavy atom. The standard InChI is InChI=1S/C17H22ClN3O11P2.2C6H15N/c18-11-3-1-10(2-4-11)7-30-20-13-5-6-21(17(24)19-13)16-15(23)14(22)12(32-16)8-31-34(28,29)9-33(25,26)27;2*1-4-7(5-2)6-3/h1-6,12,14-16,22-23H,7-9H2,(H,28,29)(H,19,20,24)(H2,25,26,27);2*4-6H2,1-3H3/t12-,14-,15-,16-;;/m1../s1. The third-order valence-corrected chi connectivity index (χ3v) is 11.0. The Bertz CT molecular complexity index is 1320. The van der Waals surface area contributed by atoms with Crippen LogP contribution in [0.2, 0.25) is 5.02 Å². The summed E-state index contributed by atoms with van der Waals surface area (Å²) in [5.74, 6) is -1.37. The van der Waals surface area contributed by atoms with E-state index < -0.39 is 57.9 Å². The number of hydrogen-bond acceptors (Lipinski definition) is 12. The van der Waals surface area contributed by atoms with Crippen LogP contribution in [0.5, 0.6) is 0 Å². The molecule has 0 spiro atoms. The van der Waals surface area contributed by atoms with E-state index in [1.165, 1.54) is 51.5 Å². The van der Waals surface area contributed by atoms with Crippen molar-refractivity contribution < 1.29 is 48.1 Å². The van der Waals surface area contributed by atoms with Crippen LogP contribution < -0.4 is 11.2 Å². The second kappa shape index (κ2) is 22.1. The van der Waals surface area contributed by atoms with Crippen molar-refractivity contribution in [1.29, 1.82) is 0 Å². The summed E-state index contributed by atoms with van der Waals surface area (Å²) < 4.78 is 33.5. The van der Waals surface area contributed by atoms with Crippen molar-refractivity contribution in [2.45, 2.75) is 72.7 Å². The Morgan fingerprint density at radius 1 is 0.896 bits per heavy atom. The van der Waals surface area contributed by atoms with Crippen molar-refractivity contribution in [1.82, 2.24) is 19.4 Å². The summed E-state index contributed by atoms with van der Waals surface area (Å²) in [6, 6.07) is 8.23. The number of benzene rings is 1.